The second kappa shape index (κ2) is 8.72. The first-order chi connectivity index (χ1) is 10.0. The van der Waals surface area contributed by atoms with Crippen LogP contribution in [0.25, 0.3) is 6.08 Å². The van der Waals surface area contributed by atoms with Crippen molar-refractivity contribution in [2.75, 3.05) is 18.9 Å². The highest BCUT2D eigenvalue weighted by molar-refractivity contribution is 6.01. The minimum atomic E-state index is -0.404. The summed E-state index contributed by atoms with van der Waals surface area (Å²) >= 11 is 0. The molecule has 3 N–H and O–H groups in total. The zero-order valence-electron chi connectivity index (χ0n) is 12.3. The number of nitrogens with one attached hydrogen (secondary N) is 1. The third-order valence-electron chi connectivity index (χ3n) is 2.54. The molecule has 1 heterocycles. The van der Waals surface area contributed by atoms with Crippen LogP contribution in [0.15, 0.2) is 23.9 Å². The van der Waals surface area contributed by atoms with E-state index in [0.29, 0.717) is 31.0 Å². The van der Waals surface area contributed by atoms with E-state index in [9.17, 15) is 4.79 Å². The third-order valence-corrected chi connectivity index (χ3v) is 2.54. The number of nitrogens with zero attached hydrogens (tertiary/aromatic N) is 2. The van der Waals surface area contributed by atoms with Crippen LogP contribution in [0.2, 0.25) is 0 Å². The van der Waals surface area contributed by atoms with E-state index in [2.05, 4.69) is 10.3 Å². The molecule has 1 aromatic rings. The number of anilines is 1. The van der Waals surface area contributed by atoms with Gasteiger partial charge in [0.2, 0.25) is 0 Å². The number of carbonyl (C=O) groups is 1. The standard InChI is InChI=1S/C15H20N4O2/c1-11(2)21-7-3-6-18-15(20)13(9-16)8-12-4-5-14(17)19-10-12/h4-5,8,10-11H,3,6-7H2,1-2H3,(H2,17,19)(H,18,20). The first-order valence-electron chi connectivity index (χ1n) is 6.76. The van der Waals surface area contributed by atoms with Crippen molar-refractivity contribution in [3.8, 4) is 6.07 Å². The Labute approximate surface area is 124 Å². The lowest BCUT2D eigenvalue weighted by atomic mass is 10.1. The molecule has 0 radical (unpaired) electrons. The third kappa shape index (κ3) is 6.54. The number of amides is 1. The summed E-state index contributed by atoms with van der Waals surface area (Å²) in [5, 5.41) is 11.7. The van der Waals surface area contributed by atoms with Crippen molar-refractivity contribution in [1.29, 1.82) is 5.26 Å². The molecule has 0 unspecified atom stereocenters. The highest BCUT2D eigenvalue weighted by Gasteiger charge is 2.08. The van der Waals surface area contributed by atoms with E-state index >= 15 is 0 Å². The molecule has 21 heavy (non-hydrogen) atoms. The fourth-order valence-corrected chi connectivity index (χ4v) is 1.51. The summed E-state index contributed by atoms with van der Waals surface area (Å²) in [4.78, 5) is 15.8. The normalized spacial score (nSPS) is 11.2. The monoisotopic (exact) mass is 288 g/mol. The van der Waals surface area contributed by atoms with Crippen LogP contribution in [0.1, 0.15) is 25.8 Å². The lowest BCUT2D eigenvalue weighted by molar-refractivity contribution is -0.117. The van der Waals surface area contributed by atoms with Gasteiger partial charge in [-0.1, -0.05) is 0 Å². The summed E-state index contributed by atoms with van der Waals surface area (Å²) in [5.74, 6) is -0.0147. The molecule has 1 aromatic heterocycles. The molecule has 0 aromatic carbocycles. The van der Waals surface area contributed by atoms with Gasteiger partial charge in [-0.05, 0) is 44.0 Å². The molecular weight excluding hydrogens is 268 g/mol. The maximum absolute atomic E-state index is 11.9. The first kappa shape index (κ1) is 16.7. The van der Waals surface area contributed by atoms with Crippen LogP contribution in [0.5, 0.6) is 0 Å². The predicted octanol–water partition coefficient (Wildman–Crippen LogP) is 1.50. The molecule has 0 saturated heterocycles. The van der Waals surface area contributed by atoms with Gasteiger partial charge in [0.05, 0.1) is 6.10 Å². The van der Waals surface area contributed by atoms with Crippen LogP contribution in [-0.4, -0.2) is 30.1 Å². The summed E-state index contributed by atoms with van der Waals surface area (Å²) in [6.07, 6.45) is 3.86. The van der Waals surface area contributed by atoms with Gasteiger partial charge in [-0.15, -0.1) is 0 Å². The fraction of sp³-hybridized carbons (Fsp3) is 0.400. The van der Waals surface area contributed by atoms with Gasteiger partial charge in [-0.2, -0.15) is 5.26 Å². The molecule has 1 rings (SSSR count). The summed E-state index contributed by atoms with van der Waals surface area (Å²) in [5.41, 5.74) is 6.16. The smallest absolute Gasteiger partial charge is 0.261 e. The van der Waals surface area contributed by atoms with E-state index < -0.39 is 5.91 Å². The van der Waals surface area contributed by atoms with Gasteiger partial charge in [-0.25, -0.2) is 4.98 Å². The average molecular weight is 288 g/mol. The van der Waals surface area contributed by atoms with Crippen molar-refractivity contribution in [1.82, 2.24) is 10.3 Å². The minimum absolute atomic E-state index is 0.0337. The largest absolute Gasteiger partial charge is 0.384 e. The average Bonchev–Trinajstić information content (AvgIpc) is 2.45. The lowest BCUT2D eigenvalue weighted by Gasteiger charge is -2.07. The Bertz CT molecular complexity index is 530. The van der Waals surface area contributed by atoms with E-state index in [-0.39, 0.29) is 11.7 Å². The fourth-order valence-electron chi connectivity index (χ4n) is 1.51. The van der Waals surface area contributed by atoms with Gasteiger partial charge < -0.3 is 15.8 Å². The van der Waals surface area contributed by atoms with E-state index in [1.54, 1.807) is 12.1 Å². The molecule has 0 fully saturated rings. The molecular formula is C15H20N4O2. The highest BCUT2D eigenvalue weighted by atomic mass is 16.5. The van der Waals surface area contributed by atoms with Gasteiger partial charge in [0.15, 0.2) is 0 Å². The second-order valence-corrected chi connectivity index (χ2v) is 4.72. The van der Waals surface area contributed by atoms with Crippen molar-refractivity contribution in [2.45, 2.75) is 26.4 Å². The molecule has 0 saturated carbocycles. The minimum Gasteiger partial charge on any atom is -0.384 e. The van der Waals surface area contributed by atoms with Crippen LogP contribution < -0.4 is 11.1 Å². The van der Waals surface area contributed by atoms with Crippen LogP contribution in [0.4, 0.5) is 5.82 Å². The van der Waals surface area contributed by atoms with Crippen molar-refractivity contribution in [3.63, 3.8) is 0 Å². The Kier molecular flexibility index (Phi) is 6.92. The van der Waals surface area contributed by atoms with E-state index in [0.717, 1.165) is 0 Å². The summed E-state index contributed by atoms with van der Waals surface area (Å²) in [6, 6.07) is 5.19. The summed E-state index contributed by atoms with van der Waals surface area (Å²) in [6.45, 7) is 4.95. The topological polar surface area (TPSA) is 101 Å². The molecule has 0 atom stereocenters. The number of ether oxygens (including phenoxy) is 1. The van der Waals surface area contributed by atoms with Gasteiger partial charge in [0.25, 0.3) is 5.91 Å². The van der Waals surface area contributed by atoms with Crippen LogP contribution in [-0.2, 0) is 9.53 Å². The Morgan fingerprint density at radius 2 is 2.33 bits per heavy atom. The number of pyridine rings is 1. The van der Waals surface area contributed by atoms with Gasteiger partial charge in [0, 0.05) is 19.3 Å². The lowest BCUT2D eigenvalue weighted by Crippen LogP contribution is -2.26. The zero-order chi connectivity index (χ0) is 15.7. The van der Waals surface area contributed by atoms with Crippen molar-refractivity contribution < 1.29 is 9.53 Å². The molecule has 0 aliphatic heterocycles. The molecule has 0 aliphatic rings. The quantitative estimate of drug-likeness (QED) is 0.450. The molecule has 112 valence electrons. The molecule has 0 aliphatic carbocycles. The van der Waals surface area contributed by atoms with Crippen molar-refractivity contribution >= 4 is 17.8 Å². The number of hydrogen-bond donors (Lipinski definition) is 2. The molecule has 0 spiro atoms. The zero-order valence-corrected chi connectivity index (χ0v) is 12.3. The van der Waals surface area contributed by atoms with Crippen LogP contribution >= 0.6 is 0 Å². The maximum Gasteiger partial charge on any atom is 0.261 e. The highest BCUT2D eigenvalue weighted by Crippen LogP contribution is 2.07. The number of nitrogens with two attached hydrogens (primary N) is 1. The van der Waals surface area contributed by atoms with Gasteiger partial charge in [-0.3, -0.25) is 4.79 Å². The molecule has 6 nitrogen and oxygen atoms in total. The Balaban J connectivity index is 2.50. The summed E-state index contributed by atoms with van der Waals surface area (Å²) in [7, 11) is 0. The van der Waals surface area contributed by atoms with Crippen LogP contribution in [0, 0.1) is 11.3 Å². The van der Waals surface area contributed by atoms with Crippen molar-refractivity contribution in [2.24, 2.45) is 0 Å². The summed E-state index contributed by atoms with van der Waals surface area (Å²) < 4.78 is 5.37. The number of aromatic nitrogens is 1. The molecule has 0 bridgehead atoms. The number of nitriles is 1. The van der Waals surface area contributed by atoms with E-state index in [1.165, 1.54) is 12.3 Å². The number of rotatable bonds is 7. The number of carbonyl (C=O) groups excluding carboxylic acids is 1. The van der Waals surface area contributed by atoms with Crippen molar-refractivity contribution in [3.05, 3.63) is 29.5 Å². The second-order valence-electron chi connectivity index (χ2n) is 4.72. The molecule has 6 heteroatoms. The first-order valence-corrected chi connectivity index (χ1v) is 6.76. The van der Waals surface area contributed by atoms with Crippen LogP contribution in [0.3, 0.4) is 0 Å². The number of hydrogen-bond acceptors (Lipinski definition) is 5. The number of nitrogen functional groups attached to an aromatic ring is 1. The van der Waals surface area contributed by atoms with Gasteiger partial charge in [0.1, 0.15) is 17.5 Å². The van der Waals surface area contributed by atoms with E-state index in [1.807, 2.05) is 19.9 Å². The van der Waals surface area contributed by atoms with Gasteiger partial charge >= 0.3 is 0 Å². The molecule has 1 amide bonds. The maximum atomic E-state index is 11.9. The SMILES string of the molecule is CC(C)OCCCNC(=O)C(C#N)=Cc1ccc(N)nc1. The predicted molar refractivity (Wildman–Crippen MR) is 81.0 cm³/mol. The van der Waals surface area contributed by atoms with E-state index in [4.69, 9.17) is 15.7 Å². The Hall–Kier alpha value is -2.39. The Morgan fingerprint density at radius 1 is 1.57 bits per heavy atom. The Morgan fingerprint density at radius 3 is 2.90 bits per heavy atom.